The number of nitrogens with two attached hydrogens (primary N) is 1. The normalized spacial score (nSPS) is 43.4. The third-order valence-corrected chi connectivity index (χ3v) is 8.80. The minimum atomic E-state index is -2.00. The minimum absolute atomic E-state index is 0.0786. The molecule has 3 aliphatic heterocycles. The van der Waals surface area contributed by atoms with Crippen molar-refractivity contribution in [2.24, 2.45) is 23.5 Å². The topological polar surface area (TPSA) is 234 Å². The van der Waals surface area contributed by atoms with Crippen molar-refractivity contribution in [3.05, 3.63) is 12.2 Å². The Morgan fingerprint density at radius 2 is 1.68 bits per heavy atom. The van der Waals surface area contributed by atoms with Crippen molar-refractivity contribution in [1.29, 1.82) is 0 Å². The first-order chi connectivity index (χ1) is 20.4. The van der Waals surface area contributed by atoms with E-state index < -0.39 is 97.0 Å². The molecule has 44 heavy (non-hydrogen) atoms. The summed E-state index contributed by atoms with van der Waals surface area (Å²) < 4.78 is 23.3. The Kier molecular flexibility index (Phi) is 13.1. The number of hydrogen-bond donors (Lipinski definition) is 9. The Hall–Kier alpha value is -1.27. The molecule has 0 saturated carbocycles. The molecule has 3 fully saturated rings. The number of rotatable bonds is 11. The van der Waals surface area contributed by atoms with E-state index in [1.807, 2.05) is 19.9 Å². The number of amides is 1. The molecular formula is C30H54N2O12. The molecule has 3 saturated heterocycles. The van der Waals surface area contributed by atoms with Gasteiger partial charge in [0.25, 0.3) is 0 Å². The number of aliphatic hydroxyl groups excluding tert-OH is 6. The number of carbonyl (C=O) groups is 1. The molecule has 3 rings (SSSR count). The van der Waals surface area contributed by atoms with Gasteiger partial charge in [-0.25, -0.2) is 0 Å². The van der Waals surface area contributed by atoms with Gasteiger partial charge in [0, 0.05) is 19.3 Å². The average Bonchev–Trinajstić information content (AvgIpc) is 2.92. The summed E-state index contributed by atoms with van der Waals surface area (Å²) >= 11 is 0. The zero-order valence-electron chi connectivity index (χ0n) is 26.5. The molecule has 10 N–H and O–H groups in total. The van der Waals surface area contributed by atoms with Crippen LogP contribution in [0.5, 0.6) is 0 Å². The molecule has 15 atom stereocenters. The second-order valence-corrected chi connectivity index (χ2v) is 13.4. The SMILES string of the molecule is CC(C)/C=C/[C@@H](C[C@@H]1O[C@](O)(C[C@@H](O)C(C)C)C[C@H](O)[C@H]1C(=O)NC1C(O)COC(C)C1O)OC1OC(C)C(O)C(N)C1O. The van der Waals surface area contributed by atoms with Gasteiger partial charge < -0.3 is 65.7 Å². The first-order valence-electron chi connectivity index (χ1n) is 15.6. The van der Waals surface area contributed by atoms with Crippen molar-refractivity contribution in [2.75, 3.05) is 6.61 Å². The van der Waals surface area contributed by atoms with Crippen LogP contribution < -0.4 is 11.1 Å². The summed E-state index contributed by atoms with van der Waals surface area (Å²) in [5.41, 5.74) is 6.00. The van der Waals surface area contributed by atoms with Crippen molar-refractivity contribution in [2.45, 2.75) is 146 Å². The van der Waals surface area contributed by atoms with Gasteiger partial charge in [0.1, 0.15) is 18.3 Å². The minimum Gasteiger partial charge on any atom is -0.393 e. The number of nitrogens with one attached hydrogen (secondary N) is 1. The molecule has 0 spiro atoms. The van der Waals surface area contributed by atoms with E-state index in [1.54, 1.807) is 33.8 Å². The second kappa shape index (κ2) is 15.5. The van der Waals surface area contributed by atoms with Crippen molar-refractivity contribution in [3.8, 4) is 0 Å². The highest BCUT2D eigenvalue weighted by atomic mass is 16.7. The van der Waals surface area contributed by atoms with Crippen molar-refractivity contribution >= 4 is 5.91 Å². The molecule has 0 aromatic heterocycles. The molecule has 0 radical (unpaired) electrons. The molecule has 0 aliphatic carbocycles. The summed E-state index contributed by atoms with van der Waals surface area (Å²) in [6.07, 6.45) is -9.33. The fourth-order valence-electron chi connectivity index (χ4n) is 5.86. The Morgan fingerprint density at radius 3 is 2.30 bits per heavy atom. The van der Waals surface area contributed by atoms with Gasteiger partial charge in [-0.05, 0) is 25.7 Å². The largest absolute Gasteiger partial charge is 0.393 e. The van der Waals surface area contributed by atoms with E-state index in [1.165, 1.54) is 0 Å². The summed E-state index contributed by atoms with van der Waals surface area (Å²) in [4.78, 5) is 13.7. The highest BCUT2D eigenvalue weighted by molar-refractivity contribution is 5.80. The maximum atomic E-state index is 13.7. The third-order valence-electron chi connectivity index (χ3n) is 8.80. The third kappa shape index (κ3) is 9.17. The second-order valence-electron chi connectivity index (χ2n) is 13.4. The van der Waals surface area contributed by atoms with Crippen LogP contribution in [-0.2, 0) is 23.7 Å². The van der Waals surface area contributed by atoms with E-state index >= 15 is 0 Å². The molecule has 0 aromatic rings. The monoisotopic (exact) mass is 634 g/mol. The van der Waals surface area contributed by atoms with Gasteiger partial charge in [-0.2, -0.15) is 0 Å². The molecule has 3 heterocycles. The number of allylic oxidation sites excluding steroid dienone is 1. The van der Waals surface area contributed by atoms with Gasteiger partial charge in [0.05, 0.1) is 67.3 Å². The van der Waals surface area contributed by atoms with Crippen LogP contribution in [0, 0.1) is 17.8 Å². The maximum absolute atomic E-state index is 13.7. The molecule has 0 bridgehead atoms. The lowest BCUT2D eigenvalue weighted by molar-refractivity contribution is -0.307. The molecule has 14 nitrogen and oxygen atoms in total. The van der Waals surface area contributed by atoms with E-state index in [0.29, 0.717) is 0 Å². The van der Waals surface area contributed by atoms with Crippen molar-refractivity contribution < 1.29 is 59.5 Å². The molecule has 1 amide bonds. The van der Waals surface area contributed by atoms with E-state index in [0.717, 1.165) is 0 Å². The molecule has 0 aromatic carbocycles. The van der Waals surface area contributed by atoms with E-state index in [-0.39, 0.29) is 37.7 Å². The summed E-state index contributed by atoms with van der Waals surface area (Å²) in [6, 6.07) is -2.14. The standard InChI is InChI=1S/C30H54N2O12/c1-13(2)7-8-17(43-29-27(38)23(31)25(36)16(6)42-29)9-21-22(19(34)11-30(40,44-21)10-18(33)14(3)4)28(39)32-24-20(35)12-41-15(5)26(24)37/h7-8,13-27,29,33-38,40H,9-12,31H2,1-6H3,(H,32,39)/b8-7+/t15?,16?,17-,18+,19-,20?,21-,22+,23?,24?,25?,26?,27?,29?,30+/m0/s1. The van der Waals surface area contributed by atoms with Gasteiger partial charge in [0.15, 0.2) is 12.1 Å². The molecular weight excluding hydrogens is 580 g/mol. The molecule has 9 unspecified atom stereocenters. The highest BCUT2D eigenvalue weighted by Crippen LogP contribution is 2.38. The van der Waals surface area contributed by atoms with E-state index in [4.69, 9.17) is 24.7 Å². The van der Waals surface area contributed by atoms with E-state index in [2.05, 4.69) is 5.32 Å². The van der Waals surface area contributed by atoms with Crippen LogP contribution in [-0.4, -0.2) is 133 Å². The summed E-state index contributed by atoms with van der Waals surface area (Å²) in [6.45, 7) is 10.5. The fourth-order valence-corrected chi connectivity index (χ4v) is 5.86. The van der Waals surface area contributed by atoms with Crippen LogP contribution >= 0.6 is 0 Å². The van der Waals surface area contributed by atoms with Crippen LogP contribution in [0.15, 0.2) is 12.2 Å². The smallest absolute Gasteiger partial charge is 0.228 e. The Bertz CT molecular complexity index is 955. The van der Waals surface area contributed by atoms with Gasteiger partial charge in [-0.3, -0.25) is 4.79 Å². The Balaban J connectivity index is 1.92. The number of aliphatic hydroxyl groups is 7. The summed E-state index contributed by atoms with van der Waals surface area (Å²) in [5.74, 6) is -4.16. The van der Waals surface area contributed by atoms with Crippen LogP contribution in [0.1, 0.15) is 60.8 Å². The highest BCUT2D eigenvalue weighted by Gasteiger charge is 2.51. The Morgan fingerprint density at radius 1 is 1.02 bits per heavy atom. The molecule has 256 valence electrons. The summed E-state index contributed by atoms with van der Waals surface area (Å²) in [5, 5.41) is 77.9. The van der Waals surface area contributed by atoms with Gasteiger partial charge >= 0.3 is 0 Å². The molecule has 14 heteroatoms. The lowest BCUT2D eigenvalue weighted by Crippen LogP contribution is -2.64. The average molecular weight is 635 g/mol. The summed E-state index contributed by atoms with van der Waals surface area (Å²) in [7, 11) is 0. The van der Waals surface area contributed by atoms with Crippen LogP contribution in [0.4, 0.5) is 0 Å². The van der Waals surface area contributed by atoms with Crippen molar-refractivity contribution in [1.82, 2.24) is 5.32 Å². The fraction of sp³-hybridized carbons (Fsp3) is 0.900. The Labute approximate surface area is 259 Å². The van der Waals surface area contributed by atoms with Gasteiger partial charge in [0.2, 0.25) is 5.91 Å². The van der Waals surface area contributed by atoms with E-state index in [9.17, 15) is 40.5 Å². The number of carbonyl (C=O) groups excluding carboxylic acids is 1. The van der Waals surface area contributed by atoms with Crippen LogP contribution in [0.3, 0.4) is 0 Å². The zero-order chi connectivity index (χ0) is 33.1. The van der Waals surface area contributed by atoms with Crippen LogP contribution in [0.25, 0.3) is 0 Å². The van der Waals surface area contributed by atoms with Crippen LogP contribution in [0.2, 0.25) is 0 Å². The number of ether oxygens (including phenoxy) is 4. The first-order valence-corrected chi connectivity index (χ1v) is 15.6. The zero-order valence-corrected chi connectivity index (χ0v) is 26.5. The maximum Gasteiger partial charge on any atom is 0.228 e. The predicted octanol–water partition coefficient (Wildman–Crippen LogP) is -1.75. The lowest BCUT2D eigenvalue weighted by Gasteiger charge is -2.47. The van der Waals surface area contributed by atoms with Crippen molar-refractivity contribution in [3.63, 3.8) is 0 Å². The quantitative estimate of drug-likeness (QED) is 0.115. The van der Waals surface area contributed by atoms with Gasteiger partial charge in [-0.15, -0.1) is 0 Å². The molecule has 3 aliphatic rings. The predicted molar refractivity (Wildman–Crippen MR) is 157 cm³/mol. The van der Waals surface area contributed by atoms with Gasteiger partial charge in [-0.1, -0.05) is 39.8 Å². The number of hydrogen-bond acceptors (Lipinski definition) is 13. The lowest BCUT2D eigenvalue weighted by atomic mass is 9.81. The first kappa shape index (κ1) is 37.2.